The maximum atomic E-state index is 12.5. The lowest BCUT2D eigenvalue weighted by Gasteiger charge is -2.10. The van der Waals surface area contributed by atoms with Gasteiger partial charge in [0.2, 0.25) is 0 Å². The van der Waals surface area contributed by atoms with Crippen LogP contribution in [0.5, 0.6) is 5.75 Å². The van der Waals surface area contributed by atoms with E-state index in [1.165, 1.54) is 24.9 Å². The Bertz CT molecular complexity index is 1120. The third kappa shape index (κ3) is 5.52. The molecule has 3 aromatic rings. The average Bonchev–Trinajstić information content (AvgIpc) is 3.13. The number of carbonyl (C=O) groups excluding carboxylic acids is 3. The van der Waals surface area contributed by atoms with Gasteiger partial charge >= 0.3 is 5.97 Å². The predicted octanol–water partition coefficient (Wildman–Crippen LogP) is 3.10. The quantitative estimate of drug-likeness (QED) is 0.403. The third-order valence-corrected chi connectivity index (χ3v) is 5.50. The normalized spacial score (nSPS) is 10.5. The van der Waals surface area contributed by atoms with Crippen molar-refractivity contribution in [2.24, 2.45) is 0 Å². The molecule has 0 spiro atoms. The van der Waals surface area contributed by atoms with Crippen molar-refractivity contribution in [3.63, 3.8) is 0 Å². The van der Waals surface area contributed by atoms with Gasteiger partial charge in [0.15, 0.2) is 6.61 Å². The number of methoxy groups -OCH3 is 1. The fourth-order valence-corrected chi connectivity index (χ4v) is 3.92. The van der Waals surface area contributed by atoms with Crippen LogP contribution in [0.1, 0.15) is 37.7 Å². The zero-order chi connectivity index (χ0) is 23.1. The number of aromatic nitrogens is 2. The number of imide groups is 1. The summed E-state index contributed by atoms with van der Waals surface area (Å²) >= 11 is 1.33. The van der Waals surface area contributed by atoms with Crippen molar-refractivity contribution in [2.75, 3.05) is 13.7 Å². The van der Waals surface area contributed by atoms with E-state index in [1.807, 2.05) is 13.8 Å². The van der Waals surface area contributed by atoms with Crippen LogP contribution in [0.2, 0.25) is 0 Å². The van der Waals surface area contributed by atoms with E-state index in [2.05, 4.69) is 15.5 Å². The molecule has 0 aliphatic carbocycles. The van der Waals surface area contributed by atoms with Gasteiger partial charge in [0.25, 0.3) is 11.8 Å². The number of amides is 2. The minimum atomic E-state index is -0.761. The van der Waals surface area contributed by atoms with Crippen LogP contribution in [0, 0.1) is 13.8 Å². The van der Waals surface area contributed by atoms with Gasteiger partial charge in [0.05, 0.1) is 23.9 Å². The molecule has 0 saturated heterocycles. The number of carbonyl (C=O) groups is 3. The van der Waals surface area contributed by atoms with Gasteiger partial charge in [0.1, 0.15) is 16.5 Å². The molecule has 0 bridgehead atoms. The van der Waals surface area contributed by atoms with Crippen LogP contribution < -0.4 is 10.1 Å². The molecule has 0 unspecified atom stereocenters. The van der Waals surface area contributed by atoms with Gasteiger partial charge in [-0.25, -0.2) is 9.78 Å². The number of thioether (sulfide) groups is 1. The van der Waals surface area contributed by atoms with Gasteiger partial charge in [-0.05, 0) is 38.1 Å². The highest BCUT2D eigenvalue weighted by Crippen LogP contribution is 2.27. The number of pyridine rings is 1. The van der Waals surface area contributed by atoms with E-state index in [0.29, 0.717) is 22.3 Å². The number of ether oxygens (including phenoxy) is 2. The van der Waals surface area contributed by atoms with E-state index in [4.69, 9.17) is 14.0 Å². The molecule has 3 rings (SSSR count). The molecular weight excluding hydrogens is 434 g/mol. The highest BCUT2D eigenvalue weighted by atomic mass is 32.2. The summed E-state index contributed by atoms with van der Waals surface area (Å²) in [6, 6.07) is 9.63. The van der Waals surface area contributed by atoms with E-state index in [9.17, 15) is 14.4 Å². The van der Waals surface area contributed by atoms with Crippen LogP contribution in [0.4, 0.5) is 0 Å². The van der Waals surface area contributed by atoms with Crippen molar-refractivity contribution < 1.29 is 28.4 Å². The molecule has 166 valence electrons. The first-order valence-electron chi connectivity index (χ1n) is 9.54. The molecule has 2 aromatic heterocycles. The second-order valence-electron chi connectivity index (χ2n) is 6.60. The fraction of sp³-hybridized carbons (Fsp3) is 0.227. The van der Waals surface area contributed by atoms with Crippen molar-refractivity contribution in [3.8, 4) is 5.75 Å². The Kier molecular flexibility index (Phi) is 7.61. The van der Waals surface area contributed by atoms with Crippen molar-refractivity contribution >= 4 is 29.5 Å². The molecule has 2 amide bonds. The highest BCUT2D eigenvalue weighted by Gasteiger charge is 2.19. The number of esters is 1. The molecule has 0 radical (unpaired) electrons. The van der Waals surface area contributed by atoms with E-state index in [-0.39, 0.29) is 11.1 Å². The Morgan fingerprint density at radius 1 is 1.09 bits per heavy atom. The van der Waals surface area contributed by atoms with E-state index in [0.717, 1.165) is 11.3 Å². The van der Waals surface area contributed by atoms with E-state index < -0.39 is 24.4 Å². The first-order valence-corrected chi connectivity index (χ1v) is 10.5. The molecule has 0 aliphatic heterocycles. The smallest absolute Gasteiger partial charge is 0.341 e. The molecule has 0 saturated carbocycles. The van der Waals surface area contributed by atoms with Crippen LogP contribution in [0.25, 0.3) is 0 Å². The summed E-state index contributed by atoms with van der Waals surface area (Å²) in [4.78, 5) is 41.2. The number of nitrogens with zero attached hydrogens (tertiary/aromatic N) is 2. The largest absolute Gasteiger partial charge is 0.496 e. The van der Waals surface area contributed by atoms with E-state index in [1.54, 1.807) is 36.5 Å². The molecule has 10 heteroatoms. The Morgan fingerprint density at radius 2 is 1.84 bits per heavy atom. The summed E-state index contributed by atoms with van der Waals surface area (Å²) in [7, 11) is 1.42. The average molecular weight is 455 g/mol. The molecule has 32 heavy (non-hydrogen) atoms. The number of rotatable bonds is 8. The van der Waals surface area contributed by atoms with Crippen LogP contribution in [0.15, 0.2) is 52.1 Å². The first-order chi connectivity index (χ1) is 15.4. The topological polar surface area (TPSA) is 121 Å². The fourth-order valence-electron chi connectivity index (χ4n) is 2.78. The van der Waals surface area contributed by atoms with Gasteiger partial charge in [0, 0.05) is 17.5 Å². The van der Waals surface area contributed by atoms with E-state index >= 15 is 0 Å². The van der Waals surface area contributed by atoms with Crippen molar-refractivity contribution in [2.45, 2.75) is 24.6 Å². The van der Waals surface area contributed by atoms with Crippen LogP contribution >= 0.6 is 11.8 Å². The molecule has 2 heterocycles. The molecule has 0 aliphatic rings. The van der Waals surface area contributed by atoms with Crippen LogP contribution in [-0.2, 0) is 15.3 Å². The minimum absolute atomic E-state index is 0.194. The Labute approximate surface area is 188 Å². The van der Waals surface area contributed by atoms with Crippen molar-refractivity contribution in [3.05, 3.63) is 70.7 Å². The molecular formula is C22H21N3O6S. The van der Waals surface area contributed by atoms with Gasteiger partial charge in [-0.2, -0.15) is 0 Å². The molecule has 9 nitrogen and oxygen atoms in total. The summed E-state index contributed by atoms with van der Waals surface area (Å²) in [5, 5.41) is 6.53. The Balaban J connectivity index is 1.59. The Morgan fingerprint density at radius 3 is 2.56 bits per heavy atom. The lowest BCUT2D eigenvalue weighted by atomic mass is 10.2. The zero-order valence-corrected chi connectivity index (χ0v) is 18.5. The molecule has 0 atom stereocenters. The number of hydrogen-bond donors (Lipinski definition) is 1. The van der Waals surface area contributed by atoms with Gasteiger partial charge < -0.3 is 14.0 Å². The summed E-state index contributed by atoms with van der Waals surface area (Å²) in [6.07, 6.45) is 1.56. The standard InChI is InChI=1S/C22H21N3O6S/c1-13-17(14(2)31-25-13)12-32-21-16(8-6-10-23-21)22(28)30-11-19(26)24-20(27)15-7-4-5-9-18(15)29-3/h4-10H,11-12H2,1-3H3,(H,24,26,27). The number of aryl methyl sites for hydroxylation is 2. The molecule has 1 aromatic carbocycles. The molecule has 1 N–H and O–H groups in total. The SMILES string of the molecule is COc1ccccc1C(=O)NC(=O)COC(=O)c1cccnc1SCc1c(C)noc1C. The predicted molar refractivity (Wildman–Crippen MR) is 116 cm³/mol. The van der Waals surface area contributed by atoms with Gasteiger partial charge in [-0.1, -0.05) is 17.3 Å². The number of nitrogens with one attached hydrogen (secondary N) is 1. The summed E-state index contributed by atoms with van der Waals surface area (Å²) < 4.78 is 15.3. The summed E-state index contributed by atoms with van der Waals surface area (Å²) in [6.45, 7) is 3.03. The maximum Gasteiger partial charge on any atom is 0.341 e. The summed E-state index contributed by atoms with van der Waals surface area (Å²) in [5.41, 5.74) is 2.11. The number of para-hydroxylation sites is 1. The van der Waals surface area contributed by atoms with Gasteiger partial charge in [-0.3, -0.25) is 14.9 Å². The monoisotopic (exact) mass is 455 g/mol. The first kappa shape index (κ1) is 23.0. The van der Waals surface area contributed by atoms with Gasteiger partial charge in [-0.15, -0.1) is 11.8 Å². The van der Waals surface area contributed by atoms with Crippen LogP contribution in [-0.4, -0.2) is 41.6 Å². The lowest BCUT2D eigenvalue weighted by Crippen LogP contribution is -2.34. The molecule has 0 fully saturated rings. The third-order valence-electron chi connectivity index (χ3n) is 4.46. The second-order valence-corrected chi connectivity index (χ2v) is 7.57. The summed E-state index contributed by atoms with van der Waals surface area (Å²) in [5.74, 6) is -0.605. The van der Waals surface area contributed by atoms with Crippen LogP contribution in [0.3, 0.4) is 0 Å². The van der Waals surface area contributed by atoms with Crippen molar-refractivity contribution in [1.29, 1.82) is 0 Å². The minimum Gasteiger partial charge on any atom is -0.496 e. The van der Waals surface area contributed by atoms with Crippen molar-refractivity contribution in [1.82, 2.24) is 15.5 Å². The Hall–Kier alpha value is -3.66. The maximum absolute atomic E-state index is 12.5. The lowest BCUT2D eigenvalue weighted by molar-refractivity contribution is -0.123. The number of benzene rings is 1. The number of hydrogen-bond acceptors (Lipinski definition) is 9. The zero-order valence-electron chi connectivity index (χ0n) is 17.7. The second kappa shape index (κ2) is 10.6. The highest BCUT2D eigenvalue weighted by molar-refractivity contribution is 7.98.